The Labute approximate surface area is 207 Å². The first-order valence-corrected chi connectivity index (χ1v) is 13.3. The average Bonchev–Trinajstić information content (AvgIpc) is 2.87. The van der Waals surface area contributed by atoms with E-state index >= 15 is 0 Å². The summed E-state index contributed by atoms with van der Waals surface area (Å²) in [4.78, 5) is 26.9. The van der Waals surface area contributed by atoms with E-state index in [1.54, 1.807) is 19.1 Å². The number of hydrogen-bond donors (Lipinski definition) is 1. The molecule has 0 radical (unpaired) electrons. The first-order chi connectivity index (χ1) is 16.7. The molecule has 1 fully saturated rings. The van der Waals surface area contributed by atoms with E-state index in [1.807, 2.05) is 43.3 Å². The van der Waals surface area contributed by atoms with E-state index in [4.69, 9.17) is 9.47 Å². The summed E-state index contributed by atoms with van der Waals surface area (Å²) in [5.41, 5.74) is 1.79. The van der Waals surface area contributed by atoms with Crippen molar-refractivity contribution in [3.05, 3.63) is 48.5 Å². The third kappa shape index (κ3) is 6.21. The molecule has 1 heterocycles. The van der Waals surface area contributed by atoms with Crippen LogP contribution in [-0.2, 0) is 24.2 Å². The van der Waals surface area contributed by atoms with E-state index in [1.165, 1.54) is 12.1 Å². The Morgan fingerprint density at radius 3 is 2.23 bits per heavy atom. The molecule has 0 aromatic heterocycles. The Bertz CT molecular complexity index is 1110. The van der Waals surface area contributed by atoms with Crippen molar-refractivity contribution in [3.8, 4) is 5.75 Å². The van der Waals surface area contributed by atoms with E-state index < -0.39 is 14.6 Å². The standard InChI is InChI=1S/C26H34N2O6S/c1-4-24(29)26(15-18-33-19-16-26)35(31,32)23-13-11-22(12-14-23)34-17-5-6-25(30)27-20-7-9-21(10-8-20)28(2)3/h7-14H,4-6,15-19H2,1-3H3,(H,27,30). The van der Waals surface area contributed by atoms with Crippen LogP contribution in [0.3, 0.4) is 0 Å². The fraction of sp³-hybridized carbons (Fsp3) is 0.462. The highest BCUT2D eigenvalue weighted by Gasteiger charge is 2.50. The zero-order valence-electron chi connectivity index (χ0n) is 20.6. The lowest BCUT2D eigenvalue weighted by Gasteiger charge is -2.35. The summed E-state index contributed by atoms with van der Waals surface area (Å²) in [7, 11) is 0.0428. The number of Topliss-reactive ketones (excluding diaryl/α,β-unsaturated/α-hetero) is 1. The van der Waals surface area contributed by atoms with Crippen LogP contribution in [0.25, 0.3) is 0 Å². The van der Waals surface area contributed by atoms with Crippen molar-refractivity contribution < 1.29 is 27.5 Å². The number of sulfone groups is 1. The minimum Gasteiger partial charge on any atom is -0.494 e. The van der Waals surface area contributed by atoms with Gasteiger partial charge < -0.3 is 19.7 Å². The number of rotatable bonds is 11. The van der Waals surface area contributed by atoms with Crippen molar-refractivity contribution in [3.63, 3.8) is 0 Å². The summed E-state index contributed by atoms with van der Waals surface area (Å²) in [6.07, 6.45) is 1.31. The first-order valence-electron chi connectivity index (χ1n) is 11.9. The van der Waals surface area contributed by atoms with Crippen molar-refractivity contribution in [1.82, 2.24) is 0 Å². The van der Waals surface area contributed by atoms with Gasteiger partial charge in [-0.05, 0) is 67.8 Å². The molecular weight excluding hydrogens is 468 g/mol. The van der Waals surface area contributed by atoms with Crippen molar-refractivity contribution >= 4 is 32.9 Å². The fourth-order valence-corrected chi connectivity index (χ4v) is 6.24. The molecule has 0 aliphatic carbocycles. The summed E-state index contributed by atoms with van der Waals surface area (Å²) in [6, 6.07) is 13.7. The molecule has 8 nitrogen and oxygen atoms in total. The van der Waals surface area contributed by atoms with Gasteiger partial charge in [-0.15, -0.1) is 0 Å². The van der Waals surface area contributed by atoms with Gasteiger partial charge in [-0.3, -0.25) is 9.59 Å². The highest BCUT2D eigenvalue weighted by molar-refractivity contribution is 7.93. The van der Waals surface area contributed by atoms with Crippen LogP contribution in [-0.4, -0.2) is 58.8 Å². The van der Waals surface area contributed by atoms with Gasteiger partial charge in [-0.2, -0.15) is 0 Å². The molecule has 1 aliphatic rings. The minimum absolute atomic E-state index is 0.102. The lowest BCUT2D eigenvalue weighted by molar-refractivity contribution is -0.123. The maximum Gasteiger partial charge on any atom is 0.224 e. The maximum absolute atomic E-state index is 13.4. The summed E-state index contributed by atoms with van der Waals surface area (Å²) in [5.74, 6) is 0.134. The Morgan fingerprint density at radius 2 is 1.66 bits per heavy atom. The Hall–Kier alpha value is -2.91. The van der Waals surface area contributed by atoms with E-state index in [0.717, 1.165) is 11.4 Å². The number of amides is 1. The van der Waals surface area contributed by atoms with Crippen LogP contribution in [0.1, 0.15) is 39.0 Å². The second-order valence-electron chi connectivity index (χ2n) is 8.80. The normalized spacial score (nSPS) is 15.3. The molecule has 0 spiro atoms. The Balaban J connectivity index is 1.52. The third-order valence-electron chi connectivity index (χ3n) is 6.26. The van der Waals surface area contributed by atoms with E-state index in [9.17, 15) is 18.0 Å². The molecular formula is C26H34N2O6S. The Morgan fingerprint density at radius 1 is 1.03 bits per heavy atom. The quantitative estimate of drug-likeness (QED) is 0.466. The number of benzene rings is 2. The predicted molar refractivity (Wildman–Crippen MR) is 136 cm³/mol. The largest absolute Gasteiger partial charge is 0.494 e. The summed E-state index contributed by atoms with van der Waals surface area (Å²) < 4.78 is 36.4. The molecule has 0 bridgehead atoms. The molecule has 0 unspecified atom stereocenters. The SMILES string of the molecule is CCC(=O)C1(S(=O)(=O)c2ccc(OCCCC(=O)Nc3ccc(N(C)C)cc3)cc2)CCOCC1. The lowest BCUT2D eigenvalue weighted by Crippen LogP contribution is -2.50. The van der Waals surface area contributed by atoms with Gasteiger partial charge in [0.15, 0.2) is 15.6 Å². The van der Waals surface area contributed by atoms with Crippen LogP contribution in [0.4, 0.5) is 11.4 Å². The number of nitrogens with one attached hydrogen (secondary N) is 1. The molecule has 2 aromatic carbocycles. The van der Waals surface area contributed by atoms with Gasteiger partial charge in [-0.1, -0.05) is 6.92 Å². The molecule has 1 saturated heterocycles. The smallest absolute Gasteiger partial charge is 0.224 e. The zero-order chi connectivity index (χ0) is 25.5. The number of carbonyl (C=O) groups excluding carboxylic acids is 2. The second-order valence-corrected chi connectivity index (χ2v) is 11.1. The van der Waals surface area contributed by atoms with Crippen LogP contribution in [0.15, 0.2) is 53.4 Å². The van der Waals surface area contributed by atoms with Crippen molar-refractivity contribution in [2.75, 3.05) is 44.1 Å². The van der Waals surface area contributed by atoms with Crippen LogP contribution >= 0.6 is 0 Å². The first kappa shape index (κ1) is 26.7. The monoisotopic (exact) mass is 502 g/mol. The van der Waals surface area contributed by atoms with Gasteiger partial charge in [0.25, 0.3) is 0 Å². The topological polar surface area (TPSA) is 102 Å². The summed E-state index contributed by atoms with van der Waals surface area (Å²) in [6.45, 7) is 2.50. The molecule has 1 amide bonds. The summed E-state index contributed by atoms with van der Waals surface area (Å²) >= 11 is 0. The van der Waals surface area contributed by atoms with E-state index in [-0.39, 0.29) is 49.1 Å². The predicted octanol–water partition coefficient (Wildman–Crippen LogP) is 3.85. The molecule has 0 saturated carbocycles. The van der Waals surface area contributed by atoms with Gasteiger partial charge in [0.1, 0.15) is 10.5 Å². The van der Waals surface area contributed by atoms with E-state index in [2.05, 4.69) is 5.32 Å². The molecule has 1 aliphatic heterocycles. The van der Waals surface area contributed by atoms with Gasteiger partial charge >= 0.3 is 0 Å². The highest BCUT2D eigenvalue weighted by atomic mass is 32.2. The van der Waals surface area contributed by atoms with E-state index in [0.29, 0.717) is 25.2 Å². The number of carbonyl (C=O) groups is 2. The second kappa shape index (κ2) is 11.7. The zero-order valence-corrected chi connectivity index (χ0v) is 21.4. The maximum atomic E-state index is 13.4. The molecule has 190 valence electrons. The molecule has 35 heavy (non-hydrogen) atoms. The van der Waals surface area contributed by atoms with Crippen LogP contribution in [0.2, 0.25) is 0 Å². The van der Waals surface area contributed by atoms with Crippen LogP contribution in [0, 0.1) is 0 Å². The number of anilines is 2. The molecule has 2 aromatic rings. The third-order valence-corrected chi connectivity index (χ3v) is 8.82. The minimum atomic E-state index is -3.87. The number of ether oxygens (including phenoxy) is 2. The molecule has 0 atom stereocenters. The molecule has 1 N–H and O–H groups in total. The molecule has 9 heteroatoms. The fourth-order valence-electron chi connectivity index (χ4n) is 4.15. The van der Waals surface area contributed by atoms with Crippen molar-refractivity contribution in [1.29, 1.82) is 0 Å². The van der Waals surface area contributed by atoms with Gasteiger partial charge in [0.2, 0.25) is 5.91 Å². The molecule has 3 rings (SSSR count). The van der Waals surface area contributed by atoms with Gasteiger partial charge in [0.05, 0.1) is 11.5 Å². The van der Waals surface area contributed by atoms with Crippen molar-refractivity contribution in [2.45, 2.75) is 48.7 Å². The summed E-state index contributed by atoms with van der Waals surface area (Å²) in [5, 5.41) is 2.86. The highest BCUT2D eigenvalue weighted by Crippen LogP contribution is 2.37. The lowest BCUT2D eigenvalue weighted by atomic mass is 9.92. The van der Waals surface area contributed by atoms with Crippen LogP contribution < -0.4 is 15.0 Å². The van der Waals surface area contributed by atoms with Crippen molar-refractivity contribution in [2.24, 2.45) is 0 Å². The number of nitrogens with zero attached hydrogens (tertiary/aromatic N) is 1. The van der Waals surface area contributed by atoms with Crippen LogP contribution in [0.5, 0.6) is 5.75 Å². The Kier molecular flexibility index (Phi) is 8.91. The number of hydrogen-bond acceptors (Lipinski definition) is 7. The number of ketones is 1. The van der Waals surface area contributed by atoms with Gasteiger partial charge in [0, 0.05) is 51.5 Å². The average molecular weight is 503 g/mol. The van der Waals surface area contributed by atoms with Gasteiger partial charge in [-0.25, -0.2) is 8.42 Å².